The minimum absolute atomic E-state index is 0.114. The molecule has 0 aromatic heterocycles. The number of benzene rings is 1. The van der Waals surface area contributed by atoms with Gasteiger partial charge in [-0.3, -0.25) is 9.59 Å². The number of hydrogen-bond donors (Lipinski definition) is 2. The average Bonchev–Trinajstić information content (AvgIpc) is 2.77. The third kappa shape index (κ3) is 9.52. The number of nitrogens with zero attached hydrogens (tertiary/aromatic N) is 1. The van der Waals surface area contributed by atoms with E-state index in [4.69, 9.17) is 4.74 Å². The summed E-state index contributed by atoms with van der Waals surface area (Å²) in [5.74, 6) is 0.0538. The lowest BCUT2D eigenvalue weighted by atomic mass is 9.91. The minimum Gasteiger partial charge on any atom is -0.444 e. The van der Waals surface area contributed by atoms with Gasteiger partial charge in [0.05, 0.1) is 0 Å². The van der Waals surface area contributed by atoms with E-state index in [0.717, 1.165) is 5.56 Å². The molecule has 0 radical (unpaired) electrons. The second-order valence-electron chi connectivity index (χ2n) is 10.8. The van der Waals surface area contributed by atoms with Crippen LogP contribution in [0.25, 0.3) is 6.08 Å². The van der Waals surface area contributed by atoms with Crippen molar-refractivity contribution in [3.8, 4) is 0 Å². The zero-order chi connectivity index (χ0) is 27.7. The second kappa shape index (κ2) is 13.7. The highest BCUT2D eigenvalue weighted by Gasteiger charge is 2.43. The van der Waals surface area contributed by atoms with Crippen LogP contribution < -0.4 is 10.6 Å². The molecule has 0 aliphatic heterocycles. The predicted octanol–water partition coefficient (Wildman–Crippen LogP) is 5.56. The number of carbonyl (C=O) groups is 3. The van der Waals surface area contributed by atoms with E-state index >= 15 is 0 Å². The van der Waals surface area contributed by atoms with Crippen LogP contribution in [0.4, 0.5) is 4.79 Å². The highest BCUT2D eigenvalue weighted by atomic mass is 32.2. The third-order valence-electron chi connectivity index (χ3n) is 5.75. The van der Waals surface area contributed by atoms with Crippen LogP contribution in [0.2, 0.25) is 0 Å². The Kier molecular flexibility index (Phi) is 12.0. The summed E-state index contributed by atoms with van der Waals surface area (Å²) >= 11 is 1.58. The molecule has 8 heteroatoms. The molecule has 0 spiro atoms. The van der Waals surface area contributed by atoms with Gasteiger partial charge in [-0.25, -0.2) is 4.79 Å². The highest BCUT2D eigenvalue weighted by Crippen LogP contribution is 2.33. The molecule has 0 heterocycles. The van der Waals surface area contributed by atoms with E-state index in [2.05, 4.69) is 17.2 Å². The number of nitrogens with one attached hydrogen (secondary N) is 2. The van der Waals surface area contributed by atoms with Gasteiger partial charge in [-0.05, 0) is 90.5 Å². The number of ether oxygens (including phenoxy) is 1. The Morgan fingerprint density at radius 3 is 2.28 bits per heavy atom. The largest absolute Gasteiger partial charge is 0.444 e. The Morgan fingerprint density at radius 1 is 1.14 bits per heavy atom. The van der Waals surface area contributed by atoms with E-state index < -0.39 is 29.3 Å². The first-order valence-corrected chi connectivity index (χ1v) is 13.9. The van der Waals surface area contributed by atoms with Crippen molar-refractivity contribution in [2.45, 2.75) is 97.5 Å². The average molecular weight is 520 g/mol. The molecule has 3 amide bonds. The number of alkyl carbamates (subject to hydrolysis) is 1. The van der Waals surface area contributed by atoms with E-state index in [0.29, 0.717) is 24.2 Å². The zero-order valence-corrected chi connectivity index (χ0v) is 24.3. The van der Waals surface area contributed by atoms with Crippen LogP contribution in [0.5, 0.6) is 0 Å². The summed E-state index contributed by atoms with van der Waals surface area (Å²) in [6.07, 6.45) is 4.01. The van der Waals surface area contributed by atoms with Gasteiger partial charge in [0.2, 0.25) is 11.8 Å². The van der Waals surface area contributed by atoms with Crippen molar-refractivity contribution in [3.05, 3.63) is 42.0 Å². The Morgan fingerprint density at radius 2 is 1.78 bits per heavy atom. The number of thioether (sulfide) groups is 1. The van der Waals surface area contributed by atoms with Crippen LogP contribution in [0.3, 0.4) is 0 Å². The summed E-state index contributed by atoms with van der Waals surface area (Å²) in [6.45, 7) is 18.8. The predicted molar refractivity (Wildman–Crippen MR) is 150 cm³/mol. The molecule has 36 heavy (non-hydrogen) atoms. The van der Waals surface area contributed by atoms with Crippen LogP contribution in [0, 0.1) is 0 Å². The summed E-state index contributed by atoms with van der Waals surface area (Å²) in [6, 6.07) is 5.62. The van der Waals surface area contributed by atoms with E-state index in [1.807, 2.05) is 65.1 Å². The van der Waals surface area contributed by atoms with Gasteiger partial charge in [0.1, 0.15) is 17.7 Å². The summed E-state index contributed by atoms with van der Waals surface area (Å²) in [5, 5.41) is 5.77. The fourth-order valence-electron chi connectivity index (χ4n) is 3.69. The Balaban J connectivity index is 3.65. The topological polar surface area (TPSA) is 87.7 Å². The molecular formula is C28H45N3O4S. The van der Waals surface area contributed by atoms with E-state index in [1.165, 1.54) is 0 Å². The van der Waals surface area contributed by atoms with Crippen molar-refractivity contribution in [1.29, 1.82) is 0 Å². The minimum atomic E-state index is -0.896. The Hall–Kier alpha value is -2.48. The molecule has 0 bridgehead atoms. The summed E-state index contributed by atoms with van der Waals surface area (Å²) < 4.78 is 5.45. The lowest BCUT2D eigenvalue weighted by Gasteiger charge is -2.45. The molecule has 7 nitrogen and oxygen atoms in total. The Bertz CT molecular complexity index is 908. The highest BCUT2D eigenvalue weighted by molar-refractivity contribution is 7.98. The maximum Gasteiger partial charge on any atom is 0.408 e. The molecule has 0 saturated carbocycles. The van der Waals surface area contributed by atoms with Gasteiger partial charge in [0.25, 0.3) is 0 Å². The standard InChI is InChI=1S/C28H45N3O4S/c1-11-20-14-13-15-21(18-20)23(24(32)29-19(3)4)31(28(8,9)12-2)25(33)22(16-17-36-10)30-26(34)35-27(5,6)7/h11,13-15,18-19,22-23H,1,12,16-17H2,2-10H3,(H,29,32)(H,30,34). The van der Waals surface area contributed by atoms with Gasteiger partial charge in [0, 0.05) is 11.6 Å². The van der Waals surface area contributed by atoms with E-state index in [1.54, 1.807) is 43.5 Å². The second-order valence-corrected chi connectivity index (χ2v) is 11.8. The lowest BCUT2D eigenvalue weighted by Crippen LogP contribution is -2.59. The van der Waals surface area contributed by atoms with Gasteiger partial charge >= 0.3 is 6.09 Å². The molecule has 0 aliphatic rings. The van der Waals surface area contributed by atoms with Gasteiger partial charge in [-0.2, -0.15) is 11.8 Å². The van der Waals surface area contributed by atoms with E-state index in [9.17, 15) is 14.4 Å². The maximum absolute atomic E-state index is 14.3. The van der Waals surface area contributed by atoms with Crippen LogP contribution in [-0.2, 0) is 14.3 Å². The molecule has 1 aromatic carbocycles. The van der Waals surface area contributed by atoms with Crippen molar-refractivity contribution in [2.24, 2.45) is 0 Å². The van der Waals surface area contributed by atoms with Gasteiger partial charge < -0.3 is 20.3 Å². The van der Waals surface area contributed by atoms with Crippen LogP contribution in [0.1, 0.15) is 85.4 Å². The van der Waals surface area contributed by atoms with Crippen molar-refractivity contribution in [1.82, 2.24) is 15.5 Å². The van der Waals surface area contributed by atoms with E-state index in [-0.39, 0.29) is 17.9 Å². The van der Waals surface area contributed by atoms with Crippen molar-refractivity contribution < 1.29 is 19.1 Å². The molecule has 1 rings (SSSR count). The zero-order valence-electron chi connectivity index (χ0n) is 23.4. The Labute approximate surface area is 221 Å². The lowest BCUT2D eigenvalue weighted by molar-refractivity contribution is -0.149. The van der Waals surface area contributed by atoms with Crippen LogP contribution >= 0.6 is 11.8 Å². The summed E-state index contributed by atoms with van der Waals surface area (Å²) in [7, 11) is 0. The van der Waals surface area contributed by atoms with Crippen molar-refractivity contribution in [2.75, 3.05) is 12.0 Å². The fraction of sp³-hybridized carbons (Fsp3) is 0.607. The molecule has 2 atom stereocenters. The molecule has 0 aliphatic carbocycles. The SMILES string of the molecule is C=Cc1cccc(C(C(=O)NC(C)C)N(C(=O)C(CCSC)NC(=O)OC(C)(C)C)C(C)(C)CC)c1. The smallest absolute Gasteiger partial charge is 0.408 e. The van der Waals surface area contributed by atoms with Gasteiger partial charge in [0.15, 0.2) is 0 Å². The summed E-state index contributed by atoms with van der Waals surface area (Å²) in [4.78, 5) is 42.2. The summed E-state index contributed by atoms with van der Waals surface area (Å²) in [5.41, 5.74) is 0.140. The first-order chi connectivity index (χ1) is 16.7. The molecule has 0 saturated heterocycles. The third-order valence-corrected chi connectivity index (χ3v) is 6.40. The number of amides is 3. The van der Waals surface area contributed by atoms with Gasteiger partial charge in [-0.15, -0.1) is 0 Å². The van der Waals surface area contributed by atoms with Crippen LogP contribution in [-0.4, -0.2) is 58.0 Å². The monoisotopic (exact) mass is 519 g/mol. The van der Waals surface area contributed by atoms with Crippen LogP contribution in [0.15, 0.2) is 30.8 Å². The van der Waals surface area contributed by atoms with Crippen molar-refractivity contribution in [3.63, 3.8) is 0 Å². The first kappa shape index (κ1) is 31.5. The fourth-order valence-corrected chi connectivity index (χ4v) is 4.16. The molecule has 0 fully saturated rings. The maximum atomic E-state index is 14.3. The normalized spacial score (nSPS) is 13.5. The van der Waals surface area contributed by atoms with Crippen molar-refractivity contribution >= 4 is 35.7 Å². The molecule has 2 N–H and O–H groups in total. The quantitative estimate of drug-likeness (QED) is 0.378. The molecular weight excluding hydrogens is 474 g/mol. The molecule has 1 aromatic rings. The molecule has 2 unspecified atom stereocenters. The number of hydrogen-bond acceptors (Lipinski definition) is 5. The first-order valence-electron chi connectivity index (χ1n) is 12.5. The number of rotatable bonds is 12. The van der Waals surface area contributed by atoms with Gasteiger partial charge in [-0.1, -0.05) is 37.8 Å². The number of carbonyl (C=O) groups excluding carboxylic acids is 3. The molecule has 202 valence electrons.